The van der Waals surface area contributed by atoms with Gasteiger partial charge in [-0.25, -0.2) is 0 Å². The summed E-state index contributed by atoms with van der Waals surface area (Å²) in [5.41, 5.74) is 3.18. The summed E-state index contributed by atoms with van der Waals surface area (Å²) < 4.78 is 7.96. The van der Waals surface area contributed by atoms with Gasteiger partial charge < -0.3 is 25.6 Å². The van der Waals surface area contributed by atoms with Crippen LogP contribution >= 0.6 is 0 Å². The van der Waals surface area contributed by atoms with E-state index in [2.05, 4.69) is 53.4 Å². The molecular formula is C30H40N8O3. The number of ether oxygens (including phenoxy) is 1. The Hall–Kier alpha value is -3.99. The van der Waals surface area contributed by atoms with Gasteiger partial charge in [0.15, 0.2) is 5.65 Å². The van der Waals surface area contributed by atoms with Gasteiger partial charge in [-0.3, -0.25) is 9.59 Å². The Labute approximate surface area is 240 Å². The van der Waals surface area contributed by atoms with Gasteiger partial charge >= 0.3 is 6.01 Å². The quantitative estimate of drug-likeness (QED) is 0.332. The van der Waals surface area contributed by atoms with Crippen molar-refractivity contribution < 1.29 is 14.3 Å². The van der Waals surface area contributed by atoms with E-state index in [9.17, 15) is 9.59 Å². The van der Waals surface area contributed by atoms with E-state index in [0.717, 1.165) is 62.9 Å². The van der Waals surface area contributed by atoms with E-state index in [4.69, 9.17) is 14.7 Å². The first-order valence-electron chi connectivity index (χ1n) is 14.5. The largest absolute Gasteiger partial charge is 0.460 e. The number of piperidine rings is 1. The average molecular weight is 561 g/mol. The SMILES string of the molecule is C=CC(=O)NC1CCC(C(=O)Nc2cccc(Nc3nc(OC4CCN(C)CC4)nc4c(C(C)C)cnn34)c2)CC1. The second kappa shape index (κ2) is 12.7. The molecule has 218 valence electrons. The number of hydrogen-bond donors (Lipinski definition) is 3. The number of aromatic nitrogens is 4. The molecule has 2 amide bonds. The van der Waals surface area contributed by atoms with Crippen molar-refractivity contribution >= 4 is 34.8 Å². The highest BCUT2D eigenvalue weighted by Crippen LogP contribution is 2.28. The van der Waals surface area contributed by atoms with Crippen LogP contribution in [0.5, 0.6) is 6.01 Å². The monoisotopic (exact) mass is 560 g/mol. The lowest BCUT2D eigenvalue weighted by Crippen LogP contribution is -2.38. The fraction of sp³-hybridized carbons (Fsp3) is 0.500. The maximum atomic E-state index is 13.0. The molecule has 11 nitrogen and oxygen atoms in total. The third kappa shape index (κ3) is 7.02. The van der Waals surface area contributed by atoms with E-state index < -0.39 is 0 Å². The molecule has 2 fully saturated rings. The maximum Gasteiger partial charge on any atom is 0.322 e. The third-order valence-electron chi connectivity index (χ3n) is 7.95. The molecule has 41 heavy (non-hydrogen) atoms. The topological polar surface area (TPSA) is 126 Å². The number of nitrogens with one attached hydrogen (secondary N) is 3. The molecule has 0 atom stereocenters. The lowest BCUT2D eigenvalue weighted by atomic mass is 9.85. The van der Waals surface area contributed by atoms with Crippen LogP contribution in [-0.2, 0) is 9.59 Å². The zero-order chi connectivity index (χ0) is 28.9. The molecule has 1 saturated carbocycles. The van der Waals surface area contributed by atoms with Gasteiger partial charge in [0.25, 0.3) is 0 Å². The molecule has 2 aliphatic rings. The van der Waals surface area contributed by atoms with Crippen LogP contribution in [0.15, 0.2) is 43.1 Å². The summed E-state index contributed by atoms with van der Waals surface area (Å²) in [5.74, 6) is 0.455. The van der Waals surface area contributed by atoms with Crippen molar-refractivity contribution in [1.29, 1.82) is 0 Å². The minimum atomic E-state index is -0.167. The van der Waals surface area contributed by atoms with Gasteiger partial charge in [-0.05, 0) is 75.8 Å². The van der Waals surface area contributed by atoms with Gasteiger partial charge in [0.2, 0.25) is 17.8 Å². The molecule has 11 heteroatoms. The summed E-state index contributed by atoms with van der Waals surface area (Å²) >= 11 is 0. The van der Waals surface area contributed by atoms with Crippen LogP contribution in [0.4, 0.5) is 17.3 Å². The third-order valence-corrected chi connectivity index (χ3v) is 7.95. The fourth-order valence-corrected chi connectivity index (χ4v) is 5.48. The number of carbonyl (C=O) groups excluding carboxylic acids is 2. The zero-order valence-electron chi connectivity index (χ0n) is 24.1. The van der Waals surface area contributed by atoms with Crippen LogP contribution < -0.4 is 20.7 Å². The Bertz CT molecular complexity index is 1390. The van der Waals surface area contributed by atoms with Crippen molar-refractivity contribution in [2.45, 2.75) is 70.4 Å². The zero-order valence-corrected chi connectivity index (χ0v) is 24.1. The fourth-order valence-electron chi connectivity index (χ4n) is 5.48. The van der Waals surface area contributed by atoms with Crippen LogP contribution in [0.2, 0.25) is 0 Å². The molecule has 0 bridgehead atoms. The molecule has 1 saturated heterocycles. The van der Waals surface area contributed by atoms with Crippen molar-refractivity contribution in [1.82, 2.24) is 29.8 Å². The van der Waals surface area contributed by atoms with Crippen LogP contribution in [0, 0.1) is 5.92 Å². The molecule has 5 rings (SSSR count). The Morgan fingerprint density at radius 3 is 2.51 bits per heavy atom. The highest BCUT2D eigenvalue weighted by atomic mass is 16.5. The van der Waals surface area contributed by atoms with E-state index in [1.165, 1.54) is 6.08 Å². The summed E-state index contributed by atoms with van der Waals surface area (Å²) in [6, 6.07) is 7.98. The van der Waals surface area contributed by atoms with Crippen molar-refractivity contribution in [3.05, 3.63) is 48.7 Å². The number of carbonyl (C=O) groups is 2. The summed E-state index contributed by atoms with van der Waals surface area (Å²) in [5, 5.41) is 13.9. The first kappa shape index (κ1) is 28.5. The highest BCUT2D eigenvalue weighted by Gasteiger charge is 2.27. The van der Waals surface area contributed by atoms with Gasteiger partial charge in [0.05, 0.1) is 6.20 Å². The van der Waals surface area contributed by atoms with Gasteiger partial charge in [-0.2, -0.15) is 19.6 Å². The van der Waals surface area contributed by atoms with Gasteiger partial charge in [0, 0.05) is 42.0 Å². The first-order chi connectivity index (χ1) is 19.8. The normalized spacial score (nSPS) is 20.1. The summed E-state index contributed by atoms with van der Waals surface area (Å²) in [7, 11) is 2.12. The number of nitrogens with zero attached hydrogens (tertiary/aromatic N) is 5. The summed E-state index contributed by atoms with van der Waals surface area (Å²) in [6.07, 6.45) is 8.02. The van der Waals surface area contributed by atoms with Gasteiger partial charge in [-0.15, -0.1) is 0 Å². The van der Waals surface area contributed by atoms with Crippen LogP contribution in [0.25, 0.3) is 5.65 Å². The Morgan fingerprint density at radius 2 is 1.80 bits per heavy atom. The molecule has 1 aromatic carbocycles. The molecule has 0 spiro atoms. The lowest BCUT2D eigenvalue weighted by molar-refractivity contribution is -0.121. The van der Waals surface area contributed by atoms with E-state index in [-0.39, 0.29) is 35.8 Å². The van der Waals surface area contributed by atoms with Crippen LogP contribution in [0.1, 0.15) is 63.9 Å². The number of amides is 2. The molecular weight excluding hydrogens is 520 g/mol. The number of benzene rings is 1. The van der Waals surface area contributed by atoms with Crippen molar-refractivity contribution in [3.8, 4) is 6.01 Å². The number of hydrogen-bond acceptors (Lipinski definition) is 8. The summed E-state index contributed by atoms with van der Waals surface area (Å²) in [6.45, 7) is 9.68. The van der Waals surface area contributed by atoms with Crippen LogP contribution in [-0.4, -0.2) is 68.6 Å². The molecule has 0 radical (unpaired) electrons. The summed E-state index contributed by atoms with van der Waals surface area (Å²) in [4.78, 5) is 36.3. The van der Waals surface area contributed by atoms with E-state index in [1.807, 2.05) is 30.5 Å². The van der Waals surface area contributed by atoms with E-state index >= 15 is 0 Å². The number of likely N-dealkylation sites (tertiary alicyclic amines) is 1. The van der Waals surface area contributed by atoms with Crippen molar-refractivity contribution in [2.75, 3.05) is 30.8 Å². The smallest absolute Gasteiger partial charge is 0.322 e. The van der Waals surface area contributed by atoms with Crippen molar-refractivity contribution in [2.24, 2.45) is 5.92 Å². The van der Waals surface area contributed by atoms with Crippen LogP contribution in [0.3, 0.4) is 0 Å². The second-order valence-corrected chi connectivity index (χ2v) is 11.4. The van der Waals surface area contributed by atoms with E-state index in [0.29, 0.717) is 23.3 Å². The molecule has 3 heterocycles. The van der Waals surface area contributed by atoms with E-state index in [1.54, 1.807) is 4.52 Å². The Balaban J connectivity index is 1.29. The average Bonchev–Trinajstić information content (AvgIpc) is 3.39. The van der Waals surface area contributed by atoms with Crippen molar-refractivity contribution in [3.63, 3.8) is 0 Å². The standard InChI is InChI=1S/C30H40N8O3/c1-5-26(39)32-21-11-9-20(10-12-21)28(40)33-22-7-6-8-23(17-22)34-29-36-30(41-24-13-15-37(4)16-14-24)35-27-25(19(2)3)18-31-38(27)29/h5-8,17-21,24H,1,9-16H2,2-4H3,(H,32,39)(H,33,40)(H,34,35,36). The highest BCUT2D eigenvalue weighted by molar-refractivity contribution is 5.93. The molecule has 1 aliphatic heterocycles. The first-order valence-corrected chi connectivity index (χ1v) is 14.5. The number of fused-ring (bicyclic) bond motifs is 1. The second-order valence-electron chi connectivity index (χ2n) is 11.4. The number of anilines is 3. The minimum Gasteiger partial charge on any atom is -0.460 e. The molecule has 3 N–H and O–H groups in total. The predicted molar refractivity (Wildman–Crippen MR) is 158 cm³/mol. The molecule has 0 unspecified atom stereocenters. The molecule has 3 aromatic rings. The Kier molecular flexibility index (Phi) is 8.82. The molecule has 2 aromatic heterocycles. The minimum absolute atomic E-state index is 0.0115. The van der Waals surface area contributed by atoms with Gasteiger partial charge in [-0.1, -0.05) is 26.5 Å². The predicted octanol–water partition coefficient (Wildman–Crippen LogP) is 4.26. The van der Waals surface area contributed by atoms with Gasteiger partial charge in [0.1, 0.15) is 6.10 Å². The number of rotatable bonds is 9. The Morgan fingerprint density at radius 1 is 1.07 bits per heavy atom. The molecule has 1 aliphatic carbocycles. The maximum absolute atomic E-state index is 13.0. The lowest BCUT2D eigenvalue weighted by Gasteiger charge is -2.28.